The van der Waals surface area contributed by atoms with Crippen molar-refractivity contribution in [1.29, 1.82) is 0 Å². The molecular weight excluding hydrogens is 238 g/mol. The monoisotopic (exact) mass is 263 g/mol. The minimum atomic E-state index is 0.110. The van der Waals surface area contributed by atoms with Crippen LogP contribution in [0.3, 0.4) is 0 Å². The molecule has 0 aromatic heterocycles. The molecule has 2 bridgehead atoms. The Morgan fingerprint density at radius 3 is 2.79 bits per heavy atom. The van der Waals surface area contributed by atoms with Crippen LogP contribution < -0.4 is 0 Å². The molecule has 4 fully saturated rings. The number of rotatable bonds is 1. The molecule has 2 aliphatic carbocycles. The van der Waals surface area contributed by atoms with E-state index < -0.39 is 0 Å². The fourth-order valence-corrected chi connectivity index (χ4v) is 6.32. The maximum Gasteiger partial charge on any atom is 0.310 e. The molecular formula is C16H25NO2. The van der Waals surface area contributed by atoms with Crippen LogP contribution in [0, 0.1) is 35.0 Å². The molecule has 0 spiro atoms. The summed E-state index contributed by atoms with van der Waals surface area (Å²) in [7, 11) is 2.23. The van der Waals surface area contributed by atoms with Crippen LogP contribution in [0.2, 0.25) is 0 Å². The molecule has 0 aromatic rings. The number of carbonyl (C=O) groups is 1. The number of nitrogens with zero attached hydrogens (tertiary/aromatic N) is 1. The molecule has 0 radical (unpaired) electrons. The van der Waals surface area contributed by atoms with Crippen molar-refractivity contribution in [2.45, 2.75) is 45.8 Å². The lowest BCUT2D eigenvalue weighted by Gasteiger charge is -2.49. The average Bonchev–Trinajstić information content (AvgIpc) is 2.86. The molecule has 3 nitrogen and oxygen atoms in total. The van der Waals surface area contributed by atoms with E-state index in [-0.39, 0.29) is 18.0 Å². The van der Waals surface area contributed by atoms with E-state index in [2.05, 4.69) is 32.7 Å². The molecule has 0 aromatic carbocycles. The van der Waals surface area contributed by atoms with Gasteiger partial charge in [-0.15, -0.1) is 0 Å². The molecule has 2 aliphatic heterocycles. The zero-order chi connectivity index (χ0) is 13.5. The highest BCUT2D eigenvalue weighted by Gasteiger charge is 2.71. The number of fused-ring (bicyclic) bond motifs is 4. The van der Waals surface area contributed by atoms with Gasteiger partial charge in [-0.05, 0) is 43.1 Å². The highest BCUT2D eigenvalue weighted by Crippen LogP contribution is 2.66. The molecule has 0 N–H and O–H groups in total. The number of carbonyl (C=O) groups excluding carboxylic acids is 1. The van der Waals surface area contributed by atoms with Crippen LogP contribution in [0.15, 0.2) is 0 Å². The fraction of sp³-hybridized carbons (Fsp3) is 0.938. The first-order chi connectivity index (χ1) is 8.96. The second kappa shape index (κ2) is 3.55. The third kappa shape index (κ3) is 1.22. The van der Waals surface area contributed by atoms with Crippen molar-refractivity contribution in [2.75, 3.05) is 13.6 Å². The van der Waals surface area contributed by atoms with E-state index in [1.807, 2.05) is 0 Å². The van der Waals surface area contributed by atoms with Crippen LogP contribution in [0.25, 0.3) is 0 Å². The van der Waals surface area contributed by atoms with Crippen molar-refractivity contribution in [3.63, 3.8) is 0 Å². The van der Waals surface area contributed by atoms with Gasteiger partial charge in [0.05, 0.1) is 12.0 Å². The fourth-order valence-electron chi connectivity index (χ4n) is 6.32. The summed E-state index contributed by atoms with van der Waals surface area (Å²) in [6.45, 7) is 8.17. The molecule has 4 aliphatic rings. The van der Waals surface area contributed by atoms with E-state index >= 15 is 0 Å². The Morgan fingerprint density at radius 1 is 1.37 bits per heavy atom. The minimum absolute atomic E-state index is 0.110. The molecule has 2 heterocycles. The maximum absolute atomic E-state index is 12.4. The Kier molecular flexibility index (Phi) is 2.27. The Balaban J connectivity index is 1.85. The summed E-state index contributed by atoms with van der Waals surface area (Å²) in [6.07, 6.45) is 2.69. The Bertz CT molecular complexity index is 434. The lowest BCUT2D eigenvalue weighted by molar-refractivity contribution is -0.145. The van der Waals surface area contributed by atoms with Gasteiger partial charge < -0.3 is 4.74 Å². The van der Waals surface area contributed by atoms with E-state index in [0.29, 0.717) is 29.2 Å². The second-order valence-electron chi connectivity index (χ2n) is 7.88. The van der Waals surface area contributed by atoms with Gasteiger partial charge in [0.15, 0.2) is 0 Å². The van der Waals surface area contributed by atoms with Gasteiger partial charge in [-0.2, -0.15) is 0 Å². The van der Waals surface area contributed by atoms with Crippen molar-refractivity contribution >= 4 is 5.97 Å². The molecule has 2 saturated heterocycles. The van der Waals surface area contributed by atoms with Crippen LogP contribution in [-0.2, 0) is 9.53 Å². The minimum Gasteiger partial charge on any atom is -0.460 e. The molecule has 1 unspecified atom stereocenters. The van der Waals surface area contributed by atoms with E-state index in [4.69, 9.17) is 4.74 Å². The van der Waals surface area contributed by atoms with Gasteiger partial charge in [0.1, 0.15) is 6.10 Å². The van der Waals surface area contributed by atoms with Gasteiger partial charge in [0, 0.05) is 12.5 Å². The number of esters is 1. The third-order valence-electron chi connectivity index (χ3n) is 6.96. The predicted octanol–water partition coefficient (Wildman–Crippen LogP) is 2.16. The van der Waals surface area contributed by atoms with Crippen molar-refractivity contribution < 1.29 is 9.53 Å². The van der Waals surface area contributed by atoms with Crippen LogP contribution in [-0.4, -0.2) is 36.6 Å². The summed E-state index contributed by atoms with van der Waals surface area (Å²) >= 11 is 0. The molecule has 2 saturated carbocycles. The molecule has 3 heteroatoms. The Hall–Kier alpha value is -0.570. The van der Waals surface area contributed by atoms with E-state index in [0.717, 1.165) is 5.92 Å². The first-order valence-corrected chi connectivity index (χ1v) is 7.87. The highest BCUT2D eigenvalue weighted by atomic mass is 16.6. The van der Waals surface area contributed by atoms with Gasteiger partial charge in [0.25, 0.3) is 0 Å². The Labute approximate surface area is 115 Å². The van der Waals surface area contributed by atoms with Gasteiger partial charge in [-0.1, -0.05) is 20.8 Å². The van der Waals surface area contributed by atoms with Crippen LogP contribution in [0.5, 0.6) is 0 Å². The van der Waals surface area contributed by atoms with Crippen molar-refractivity contribution in [1.82, 2.24) is 4.90 Å². The summed E-state index contributed by atoms with van der Waals surface area (Å²) in [6, 6.07) is 0.458. The van der Waals surface area contributed by atoms with Gasteiger partial charge in [-0.25, -0.2) is 0 Å². The predicted molar refractivity (Wildman–Crippen MR) is 72.4 cm³/mol. The summed E-state index contributed by atoms with van der Waals surface area (Å²) in [5, 5.41) is 0. The van der Waals surface area contributed by atoms with Gasteiger partial charge in [-0.3, -0.25) is 9.69 Å². The molecule has 7 atom stereocenters. The number of likely N-dealkylation sites (tertiary alicyclic amines) is 1. The topological polar surface area (TPSA) is 29.5 Å². The number of likely N-dealkylation sites (N-methyl/N-ethyl adjacent to an activating group) is 1. The average molecular weight is 263 g/mol. The summed E-state index contributed by atoms with van der Waals surface area (Å²) in [4.78, 5) is 14.9. The van der Waals surface area contributed by atoms with Crippen LogP contribution >= 0.6 is 0 Å². The highest BCUT2D eigenvalue weighted by molar-refractivity contribution is 5.77. The maximum atomic E-state index is 12.4. The smallest absolute Gasteiger partial charge is 0.310 e. The van der Waals surface area contributed by atoms with Gasteiger partial charge in [0.2, 0.25) is 0 Å². The summed E-state index contributed by atoms with van der Waals surface area (Å²) in [5.41, 5.74) is 0.321. The second-order valence-corrected chi connectivity index (χ2v) is 7.88. The SMILES string of the molecule is CC(C)[C@@H]1[C@H]2OC(=O)[C@@H]1[C@@H]1CCC3CN(C)[C@H]2[C@@]31C. The van der Waals surface area contributed by atoms with E-state index in [1.165, 1.54) is 19.4 Å². The quantitative estimate of drug-likeness (QED) is 0.679. The Morgan fingerprint density at radius 2 is 2.11 bits per heavy atom. The van der Waals surface area contributed by atoms with Crippen LogP contribution in [0.4, 0.5) is 0 Å². The molecule has 4 rings (SSSR count). The standard InChI is InChI=1S/C16H25NO2/c1-8(2)11-12-10-6-5-9-7-17(4)14(16(9,10)3)13(11)19-15(12)18/h8-14H,5-7H2,1-4H3/t9?,10-,11-,12+,13+,14+,16-/m0/s1. The first kappa shape index (κ1) is 12.2. The summed E-state index contributed by atoms with van der Waals surface area (Å²) in [5.74, 6) is 2.61. The van der Waals surface area contributed by atoms with E-state index in [1.54, 1.807) is 0 Å². The molecule has 19 heavy (non-hydrogen) atoms. The molecule has 106 valence electrons. The number of ether oxygens (including phenoxy) is 1. The van der Waals surface area contributed by atoms with Crippen molar-refractivity contribution in [2.24, 2.45) is 35.0 Å². The zero-order valence-corrected chi connectivity index (χ0v) is 12.4. The summed E-state index contributed by atoms with van der Waals surface area (Å²) < 4.78 is 5.88. The zero-order valence-electron chi connectivity index (χ0n) is 12.4. The van der Waals surface area contributed by atoms with Crippen LogP contribution in [0.1, 0.15) is 33.6 Å². The van der Waals surface area contributed by atoms with Crippen molar-refractivity contribution in [3.8, 4) is 0 Å². The third-order valence-corrected chi connectivity index (χ3v) is 6.96. The number of hydrogen-bond acceptors (Lipinski definition) is 3. The lowest BCUT2D eigenvalue weighted by Crippen LogP contribution is -2.57. The lowest BCUT2D eigenvalue weighted by atomic mass is 9.55. The van der Waals surface area contributed by atoms with Gasteiger partial charge >= 0.3 is 5.97 Å². The molecule has 0 amide bonds. The van der Waals surface area contributed by atoms with E-state index in [9.17, 15) is 4.79 Å². The first-order valence-electron chi connectivity index (χ1n) is 7.87. The largest absolute Gasteiger partial charge is 0.460 e. The van der Waals surface area contributed by atoms with Crippen molar-refractivity contribution in [3.05, 3.63) is 0 Å². The normalized spacial score (nSPS) is 55.7. The number of hydrogen-bond donors (Lipinski definition) is 0.